The third-order valence-electron chi connectivity index (χ3n) is 9.94. The summed E-state index contributed by atoms with van der Waals surface area (Å²) in [6.07, 6.45) is 0. The van der Waals surface area contributed by atoms with Crippen molar-refractivity contribution in [3.63, 3.8) is 0 Å². The Morgan fingerprint density at radius 1 is 0.354 bits per heavy atom. The highest BCUT2D eigenvalue weighted by Gasteiger charge is 2.23. The Bertz CT molecular complexity index is 3000. The van der Waals surface area contributed by atoms with E-state index in [-0.39, 0.29) is 0 Å². The van der Waals surface area contributed by atoms with E-state index in [0.29, 0.717) is 22.5 Å². The van der Waals surface area contributed by atoms with Crippen LogP contribution in [0, 0.1) is 22.7 Å². The Hall–Kier alpha value is -6.88. The largest absolute Gasteiger partial charge is 0.308 e. The number of hydrogen-bond donors (Lipinski definition) is 0. The van der Waals surface area contributed by atoms with Crippen molar-refractivity contribution < 1.29 is 0 Å². The van der Waals surface area contributed by atoms with Crippen LogP contribution < -0.4 is 0 Å². The van der Waals surface area contributed by atoms with Crippen molar-refractivity contribution in [3.8, 4) is 23.5 Å². The standard InChI is InChI=1S/C44H24N4/c45-25-30-24-41(48-38-21-18-28-10-2-5-13-33(28)43(38)44-34-14-6-3-11-29(34)19-22-39(44)48)31(26-46)23-40(30)47-36-16-8-7-15-35(36)42-32-12-4-1-9-27(32)17-20-37(42)47/h1-24H. The van der Waals surface area contributed by atoms with E-state index < -0.39 is 0 Å². The molecule has 0 fully saturated rings. The molecule has 0 spiro atoms. The number of nitrogens with zero attached hydrogens (tertiary/aromatic N) is 4. The van der Waals surface area contributed by atoms with Crippen molar-refractivity contribution in [1.82, 2.24) is 9.13 Å². The first kappa shape index (κ1) is 26.3. The molecule has 0 aliphatic carbocycles. The van der Waals surface area contributed by atoms with Gasteiger partial charge in [0, 0.05) is 21.5 Å². The Morgan fingerprint density at radius 3 is 1.21 bits per heavy atom. The number of nitriles is 2. The van der Waals surface area contributed by atoms with Gasteiger partial charge in [0.2, 0.25) is 0 Å². The van der Waals surface area contributed by atoms with Crippen LogP contribution in [0.25, 0.3) is 87.3 Å². The average Bonchev–Trinajstić information content (AvgIpc) is 3.68. The Morgan fingerprint density at radius 2 is 0.729 bits per heavy atom. The summed E-state index contributed by atoms with van der Waals surface area (Å²) in [7, 11) is 0. The lowest BCUT2D eigenvalue weighted by atomic mass is 10.00. The molecule has 8 aromatic carbocycles. The molecule has 0 aliphatic rings. The van der Waals surface area contributed by atoms with Crippen molar-refractivity contribution >= 4 is 75.9 Å². The van der Waals surface area contributed by atoms with Gasteiger partial charge in [-0.3, -0.25) is 0 Å². The summed E-state index contributed by atoms with van der Waals surface area (Å²) < 4.78 is 4.32. The molecule has 4 nitrogen and oxygen atoms in total. The van der Waals surface area contributed by atoms with Crippen LogP contribution >= 0.6 is 0 Å². The molecule has 0 saturated heterocycles. The summed E-state index contributed by atoms with van der Waals surface area (Å²) in [6.45, 7) is 0. The first-order valence-electron chi connectivity index (χ1n) is 16.0. The van der Waals surface area contributed by atoms with Gasteiger partial charge in [-0.15, -0.1) is 0 Å². The van der Waals surface area contributed by atoms with Gasteiger partial charge in [-0.05, 0) is 68.7 Å². The van der Waals surface area contributed by atoms with Crippen LogP contribution in [0.3, 0.4) is 0 Å². The van der Waals surface area contributed by atoms with Gasteiger partial charge in [-0.2, -0.15) is 10.5 Å². The SMILES string of the molecule is N#Cc1cc(-n2c3ccc4ccccc4c3c3c4ccccc4ccc32)c(C#N)cc1-n1c2ccccc2c2c3ccccc3ccc21. The van der Waals surface area contributed by atoms with Crippen molar-refractivity contribution in [2.24, 2.45) is 0 Å². The van der Waals surface area contributed by atoms with Gasteiger partial charge in [0.1, 0.15) is 12.1 Å². The van der Waals surface area contributed by atoms with Gasteiger partial charge in [0.15, 0.2) is 0 Å². The molecule has 0 bridgehead atoms. The molecule has 10 aromatic rings. The second-order valence-corrected chi connectivity index (χ2v) is 12.3. The van der Waals surface area contributed by atoms with Gasteiger partial charge in [-0.1, -0.05) is 109 Å². The highest BCUT2D eigenvalue weighted by atomic mass is 15.0. The highest BCUT2D eigenvalue weighted by molar-refractivity contribution is 6.28. The van der Waals surface area contributed by atoms with Gasteiger partial charge in [0.05, 0.1) is 44.6 Å². The molecule has 4 heteroatoms. The van der Waals surface area contributed by atoms with E-state index in [2.05, 4.69) is 149 Å². The molecule has 0 unspecified atom stereocenters. The zero-order valence-electron chi connectivity index (χ0n) is 25.6. The Kier molecular flexibility index (Phi) is 5.38. The number of fused-ring (bicyclic) bond motifs is 12. The van der Waals surface area contributed by atoms with E-state index >= 15 is 0 Å². The van der Waals surface area contributed by atoms with Crippen molar-refractivity contribution in [3.05, 3.63) is 157 Å². The first-order valence-corrected chi connectivity index (χ1v) is 16.0. The molecule has 0 saturated carbocycles. The summed E-state index contributed by atoms with van der Waals surface area (Å²) in [6, 6.07) is 55.3. The number of rotatable bonds is 2. The number of aromatic nitrogens is 2. The number of hydrogen-bond acceptors (Lipinski definition) is 2. The summed E-state index contributed by atoms with van der Waals surface area (Å²) in [5.74, 6) is 0. The molecular formula is C44H24N4. The van der Waals surface area contributed by atoms with Gasteiger partial charge >= 0.3 is 0 Å². The monoisotopic (exact) mass is 608 g/mol. The number of benzene rings is 8. The maximum absolute atomic E-state index is 10.8. The van der Waals surface area contributed by atoms with E-state index in [0.717, 1.165) is 75.9 Å². The fourth-order valence-electron chi connectivity index (χ4n) is 7.93. The zero-order valence-corrected chi connectivity index (χ0v) is 25.6. The lowest BCUT2D eigenvalue weighted by Crippen LogP contribution is -2.04. The van der Waals surface area contributed by atoms with E-state index in [1.807, 2.05) is 18.2 Å². The van der Waals surface area contributed by atoms with Crippen molar-refractivity contribution in [1.29, 1.82) is 10.5 Å². The normalized spacial score (nSPS) is 11.7. The molecular weight excluding hydrogens is 585 g/mol. The molecule has 2 heterocycles. The molecule has 0 N–H and O–H groups in total. The number of para-hydroxylation sites is 1. The first-order chi connectivity index (χ1) is 23.7. The third kappa shape index (κ3) is 3.46. The van der Waals surface area contributed by atoms with Gasteiger partial charge in [0.25, 0.3) is 0 Å². The summed E-state index contributed by atoms with van der Waals surface area (Å²) >= 11 is 0. The van der Waals surface area contributed by atoms with E-state index in [4.69, 9.17) is 0 Å². The molecule has 0 radical (unpaired) electrons. The quantitative estimate of drug-likeness (QED) is 0.196. The highest BCUT2D eigenvalue weighted by Crippen LogP contribution is 2.43. The maximum atomic E-state index is 10.8. The van der Waals surface area contributed by atoms with Crippen LogP contribution in [-0.2, 0) is 0 Å². The van der Waals surface area contributed by atoms with Gasteiger partial charge in [-0.25, -0.2) is 0 Å². The van der Waals surface area contributed by atoms with Crippen molar-refractivity contribution in [2.75, 3.05) is 0 Å². The fourth-order valence-corrected chi connectivity index (χ4v) is 7.93. The Labute approximate surface area is 275 Å². The second kappa shape index (κ2) is 9.81. The van der Waals surface area contributed by atoms with E-state index in [1.165, 1.54) is 0 Å². The lowest BCUT2D eigenvalue weighted by Gasteiger charge is -2.16. The second-order valence-electron chi connectivity index (χ2n) is 12.3. The minimum Gasteiger partial charge on any atom is -0.308 e. The molecule has 10 rings (SSSR count). The summed E-state index contributed by atoms with van der Waals surface area (Å²) in [5.41, 5.74) is 6.36. The molecule has 0 atom stereocenters. The van der Waals surface area contributed by atoms with E-state index in [9.17, 15) is 10.5 Å². The van der Waals surface area contributed by atoms with Crippen LogP contribution in [0.15, 0.2) is 146 Å². The fraction of sp³-hybridized carbons (Fsp3) is 0. The minimum atomic E-state index is 0.496. The topological polar surface area (TPSA) is 57.4 Å². The molecule has 2 aromatic heterocycles. The van der Waals surface area contributed by atoms with Gasteiger partial charge < -0.3 is 9.13 Å². The van der Waals surface area contributed by atoms with Crippen LogP contribution in [0.1, 0.15) is 11.1 Å². The molecule has 48 heavy (non-hydrogen) atoms. The smallest absolute Gasteiger partial charge is 0.101 e. The van der Waals surface area contributed by atoms with Crippen molar-refractivity contribution in [2.45, 2.75) is 0 Å². The minimum absolute atomic E-state index is 0.496. The lowest BCUT2D eigenvalue weighted by molar-refractivity contribution is 1.12. The van der Waals surface area contributed by atoms with Crippen LogP contribution in [0.2, 0.25) is 0 Å². The predicted molar refractivity (Wildman–Crippen MR) is 197 cm³/mol. The third-order valence-corrected chi connectivity index (χ3v) is 9.94. The Balaban J connectivity index is 1.34. The summed E-state index contributed by atoms with van der Waals surface area (Å²) in [4.78, 5) is 0. The maximum Gasteiger partial charge on any atom is 0.101 e. The zero-order chi connectivity index (χ0) is 31.9. The average molecular weight is 609 g/mol. The van der Waals surface area contributed by atoms with Crippen LogP contribution in [0.4, 0.5) is 0 Å². The predicted octanol–water partition coefficient (Wildman–Crippen LogP) is 11.1. The molecule has 0 amide bonds. The van der Waals surface area contributed by atoms with Crippen LogP contribution in [0.5, 0.6) is 0 Å². The van der Waals surface area contributed by atoms with Crippen LogP contribution in [-0.4, -0.2) is 9.13 Å². The molecule has 220 valence electrons. The summed E-state index contributed by atoms with van der Waals surface area (Å²) in [5, 5.41) is 33.0. The van der Waals surface area contributed by atoms with E-state index in [1.54, 1.807) is 0 Å². The molecule has 0 aliphatic heterocycles.